The Kier molecular flexibility index (Phi) is 5.32. The second-order valence-electron chi connectivity index (χ2n) is 2.67. The molecule has 12 heavy (non-hydrogen) atoms. The molecular weight excluding hydrogens is 156 g/mol. The van der Waals surface area contributed by atoms with Gasteiger partial charge in [-0.05, 0) is 6.42 Å². The van der Waals surface area contributed by atoms with Crippen LogP contribution in [0, 0.1) is 0 Å². The Morgan fingerprint density at radius 3 is 2.67 bits per heavy atom. The molecule has 0 saturated heterocycles. The fourth-order valence-corrected chi connectivity index (χ4v) is 0.870. The number of carbonyl (C=O) groups is 1. The Morgan fingerprint density at radius 1 is 1.67 bits per heavy atom. The number of ether oxygens (including phenoxy) is 1. The molecule has 4 N–H and O–H groups in total. The molecule has 0 aromatic carbocycles. The van der Waals surface area contributed by atoms with Crippen LogP contribution in [-0.4, -0.2) is 18.2 Å². The van der Waals surface area contributed by atoms with Crippen molar-refractivity contribution in [2.24, 2.45) is 11.5 Å². The van der Waals surface area contributed by atoms with Crippen LogP contribution >= 0.6 is 0 Å². The molecule has 0 heterocycles. The van der Waals surface area contributed by atoms with E-state index in [1.807, 2.05) is 0 Å². The van der Waals surface area contributed by atoms with Crippen molar-refractivity contribution in [2.75, 3.05) is 0 Å². The molecule has 0 bridgehead atoms. The van der Waals surface area contributed by atoms with Gasteiger partial charge >= 0.3 is 5.97 Å². The first-order valence-corrected chi connectivity index (χ1v) is 3.85. The molecule has 0 aliphatic carbocycles. The highest BCUT2D eigenvalue weighted by atomic mass is 16.5. The van der Waals surface area contributed by atoms with Gasteiger partial charge in [-0.3, -0.25) is 10.5 Å². The molecule has 0 saturated carbocycles. The van der Waals surface area contributed by atoms with Crippen LogP contribution in [0.5, 0.6) is 0 Å². The minimum atomic E-state index is -0.600. The molecule has 0 rings (SSSR count). The van der Waals surface area contributed by atoms with Gasteiger partial charge in [0.25, 0.3) is 0 Å². The molecule has 0 aromatic rings. The van der Waals surface area contributed by atoms with Crippen molar-refractivity contribution in [1.29, 1.82) is 0 Å². The first-order chi connectivity index (χ1) is 5.56. The first-order valence-electron chi connectivity index (χ1n) is 3.85. The topological polar surface area (TPSA) is 78.3 Å². The lowest BCUT2D eigenvalue weighted by Crippen LogP contribution is -2.34. The molecule has 4 nitrogen and oxygen atoms in total. The summed E-state index contributed by atoms with van der Waals surface area (Å²) in [5.41, 5.74) is 11.1. The van der Waals surface area contributed by atoms with E-state index in [2.05, 4.69) is 6.58 Å². The fraction of sp³-hybridized carbons (Fsp3) is 0.625. The number of esters is 1. The van der Waals surface area contributed by atoms with Crippen LogP contribution < -0.4 is 11.5 Å². The summed E-state index contributed by atoms with van der Waals surface area (Å²) in [6, 6.07) is -0.0863. The van der Waals surface area contributed by atoms with E-state index in [0.29, 0.717) is 12.8 Å². The van der Waals surface area contributed by atoms with Gasteiger partial charge in [0.05, 0.1) is 0 Å². The van der Waals surface area contributed by atoms with Gasteiger partial charge in [-0.15, -0.1) is 6.58 Å². The Bertz CT molecular complexity index is 159. The van der Waals surface area contributed by atoms with Gasteiger partial charge in [0.1, 0.15) is 0 Å². The van der Waals surface area contributed by atoms with E-state index in [0.717, 1.165) is 0 Å². The molecule has 0 amide bonds. The normalized spacial score (nSPS) is 14.9. The van der Waals surface area contributed by atoms with E-state index in [9.17, 15) is 4.79 Å². The average molecular weight is 172 g/mol. The summed E-state index contributed by atoms with van der Waals surface area (Å²) in [6.07, 6.45) is 2.25. The number of hydrogen-bond acceptors (Lipinski definition) is 4. The Balaban J connectivity index is 3.59. The third kappa shape index (κ3) is 5.88. The average Bonchev–Trinajstić information content (AvgIpc) is 1.84. The van der Waals surface area contributed by atoms with Gasteiger partial charge in [-0.2, -0.15) is 0 Å². The minimum Gasteiger partial charge on any atom is -0.447 e. The van der Waals surface area contributed by atoms with Crippen LogP contribution in [0.1, 0.15) is 19.8 Å². The predicted octanol–water partition coefficient (Wildman–Crippen LogP) is 0.128. The highest BCUT2D eigenvalue weighted by Gasteiger charge is 2.10. The fourth-order valence-electron chi connectivity index (χ4n) is 0.870. The van der Waals surface area contributed by atoms with E-state index in [1.165, 1.54) is 6.92 Å². The second kappa shape index (κ2) is 5.74. The molecule has 0 aliphatic heterocycles. The maximum absolute atomic E-state index is 10.4. The van der Waals surface area contributed by atoms with Crippen LogP contribution in [0.15, 0.2) is 12.7 Å². The zero-order chi connectivity index (χ0) is 9.56. The van der Waals surface area contributed by atoms with Crippen molar-refractivity contribution in [3.8, 4) is 0 Å². The lowest BCUT2D eigenvalue weighted by Gasteiger charge is -2.15. The van der Waals surface area contributed by atoms with Gasteiger partial charge in [0.2, 0.25) is 0 Å². The number of rotatable bonds is 5. The molecule has 0 spiro atoms. The number of hydrogen-bond donors (Lipinski definition) is 2. The third-order valence-corrected chi connectivity index (χ3v) is 1.32. The smallest absolute Gasteiger partial charge is 0.304 e. The summed E-state index contributed by atoms with van der Waals surface area (Å²) >= 11 is 0. The minimum absolute atomic E-state index is 0.0863. The SMILES string of the molecule is C=CCC(N)CC(N)OC(C)=O. The summed E-state index contributed by atoms with van der Waals surface area (Å²) < 4.78 is 4.69. The summed E-state index contributed by atoms with van der Waals surface area (Å²) in [5.74, 6) is -0.381. The summed E-state index contributed by atoms with van der Waals surface area (Å²) in [7, 11) is 0. The molecular formula is C8H16N2O2. The van der Waals surface area contributed by atoms with Crippen LogP contribution in [0.3, 0.4) is 0 Å². The summed E-state index contributed by atoms with van der Waals surface area (Å²) in [4.78, 5) is 10.4. The van der Waals surface area contributed by atoms with E-state index >= 15 is 0 Å². The van der Waals surface area contributed by atoms with Crippen molar-refractivity contribution in [2.45, 2.75) is 32.0 Å². The van der Waals surface area contributed by atoms with Gasteiger partial charge < -0.3 is 10.5 Å². The summed E-state index contributed by atoms with van der Waals surface area (Å²) in [6.45, 7) is 4.86. The van der Waals surface area contributed by atoms with E-state index in [1.54, 1.807) is 6.08 Å². The van der Waals surface area contributed by atoms with Crippen LogP contribution in [0.4, 0.5) is 0 Å². The Morgan fingerprint density at radius 2 is 2.25 bits per heavy atom. The molecule has 0 aromatic heterocycles. The second-order valence-corrected chi connectivity index (χ2v) is 2.67. The standard InChI is InChI=1S/C8H16N2O2/c1-3-4-7(9)5-8(10)12-6(2)11/h3,7-8H,1,4-5,9-10H2,2H3. The molecule has 0 radical (unpaired) electrons. The lowest BCUT2D eigenvalue weighted by molar-refractivity contribution is -0.146. The molecule has 0 fully saturated rings. The van der Waals surface area contributed by atoms with Gasteiger partial charge in [-0.1, -0.05) is 6.08 Å². The Hall–Kier alpha value is -0.870. The molecule has 2 atom stereocenters. The van der Waals surface area contributed by atoms with Crippen LogP contribution in [0.2, 0.25) is 0 Å². The van der Waals surface area contributed by atoms with Crippen molar-refractivity contribution in [3.05, 3.63) is 12.7 Å². The van der Waals surface area contributed by atoms with Crippen molar-refractivity contribution >= 4 is 5.97 Å². The number of carbonyl (C=O) groups excluding carboxylic acids is 1. The quantitative estimate of drug-likeness (QED) is 0.351. The van der Waals surface area contributed by atoms with Crippen LogP contribution in [-0.2, 0) is 9.53 Å². The zero-order valence-electron chi connectivity index (χ0n) is 7.32. The molecule has 0 aliphatic rings. The summed E-state index contributed by atoms with van der Waals surface area (Å²) in [5, 5.41) is 0. The highest BCUT2D eigenvalue weighted by Crippen LogP contribution is 2.00. The van der Waals surface area contributed by atoms with Crippen molar-refractivity contribution < 1.29 is 9.53 Å². The molecule has 70 valence electrons. The first kappa shape index (κ1) is 11.1. The zero-order valence-corrected chi connectivity index (χ0v) is 7.32. The van der Waals surface area contributed by atoms with E-state index < -0.39 is 6.23 Å². The monoisotopic (exact) mass is 172 g/mol. The van der Waals surface area contributed by atoms with Gasteiger partial charge in [0, 0.05) is 19.4 Å². The maximum Gasteiger partial charge on any atom is 0.304 e. The van der Waals surface area contributed by atoms with E-state index in [-0.39, 0.29) is 12.0 Å². The number of nitrogens with two attached hydrogens (primary N) is 2. The molecule has 2 unspecified atom stereocenters. The molecule has 4 heteroatoms. The maximum atomic E-state index is 10.4. The van der Waals surface area contributed by atoms with Gasteiger partial charge in [-0.25, -0.2) is 0 Å². The van der Waals surface area contributed by atoms with Crippen molar-refractivity contribution in [1.82, 2.24) is 0 Å². The third-order valence-electron chi connectivity index (χ3n) is 1.32. The van der Waals surface area contributed by atoms with E-state index in [4.69, 9.17) is 16.2 Å². The largest absolute Gasteiger partial charge is 0.447 e. The highest BCUT2D eigenvalue weighted by molar-refractivity contribution is 5.66. The van der Waals surface area contributed by atoms with Gasteiger partial charge in [0.15, 0.2) is 6.23 Å². The Labute approximate surface area is 72.6 Å². The van der Waals surface area contributed by atoms with Crippen LogP contribution in [0.25, 0.3) is 0 Å². The van der Waals surface area contributed by atoms with Crippen molar-refractivity contribution in [3.63, 3.8) is 0 Å². The lowest BCUT2D eigenvalue weighted by atomic mass is 10.1. The predicted molar refractivity (Wildman–Crippen MR) is 47.1 cm³/mol.